The fraction of sp³-hybridized carbons (Fsp3) is 0.429. The lowest BCUT2D eigenvalue weighted by Crippen LogP contribution is -2.43. The first-order valence-electron chi connectivity index (χ1n) is 6.55. The molecule has 0 radical (unpaired) electrons. The van der Waals surface area contributed by atoms with E-state index in [1.54, 1.807) is 25.3 Å². The van der Waals surface area contributed by atoms with E-state index in [0.717, 1.165) is 10.5 Å². The van der Waals surface area contributed by atoms with Crippen LogP contribution >= 0.6 is 0 Å². The maximum absolute atomic E-state index is 12.2. The van der Waals surface area contributed by atoms with Gasteiger partial charge < -0.3 is 25.2 Å². The van der Waals surface area contributed by atoms with Crippen molar-refractivity contribution >= 4 is 17.7 Å². The average Bonchev–Trinajstić information content (AvgIpc) is 2.81. The highest BCUT2D eigenvalue weighted by molar-refractivity contribution is 5.93. The van der Waals surface area contributed by atoms with Gasteiger partial charge in [0.25, 0.3) is 0 Å². The van der Waals surface area contributed by atoms with E-state index in [9.17, 15) is 14.7 Å². The number of carbonyl (C=O) groups excluding carboxylic acids is 1. The van der Waals surface area contributed by atoms with Crippen LogP contribution in [0, 0.1) is 6.92 Å². The molecule has 0 unspecified atom stereocenters. The van der Waals surface area contributed by atoms with Crippen molar-refractivity contribution in [1.29, 1.82) is 0 Å². The van der Waals surface area contributed by atoms with Crippen LogP contribution in [0.25, 0.3) is 0 Å². The smallest absolute Gasteiger partial charge is 0.326 e. The summed E-state index contributed by atoms with van der Waals surface area (Å²) < 4.78 is 5.13. The van der Waals surface area contributed by atoms with Crippen molar-refractivity contribution < 1.29 is 24.5 Å². The number of aliphatic hydroxyl groups is 1. The van der Waals surface area contributed by atoms with Crippen molar-refractivity contribution in [1.82, 2.24) is 4.90 Å². The molecule has 1 aromatic carbocycles. The van der Waals surface area contributed by atoms with Gasteiger partial charge in [-0.15, -0.1) is 0 Å². The van der Waals surface area contributed by atoms with Gasteiger partial charge in [-0.3, -0.25) is 0 Å². The largest absolute Gasteiger partial charge is 0.496 e. The number of likely N-dealkylation sites (tertiary alicyclic amines) is 1. The Morgan fingerprint density at radius 3 is 2.71 bits per heavy atom. The summed E-state index contributed by atoms with van der Waals surface area (Å²) in [5.41, 5.74) is 1.40. The summed E-state index contributed by atoms with van der Waals surface area (Å²) in [5.74, 6) is -0.416. The van der Waals surface area contributed by atoms with Crippen molar-refractivity contribution in [2.75, 3.05) is 19.0 Å². The molecule has 21 heavy (non-hydrogen) atoms. The molecule has 1 fully saturated rings. The number of aryl methyl sites for hydroxylation is 1. The average molecular weight is 294 g/mol. The van der Waals surface area contributed by atoms with Crippen LogP contribution in [0.5, 0.6) is 5.75 Å². The van der Waals surface area contributed by atoms with Crippen molar-refractivity contribution in [2.24, 2.45) is 0 Å². The number of nitrogens with one attached hydrogen (secondary N) is 1. The van der Waals surface area contributed by atoms with Crippen LogP contribution in [0.15, 0.2) is 18.2 Å². The fourth-order valence-electron chi connectivity index (χ4n) is 2.42. The third-order valence-corrected chi connectivity index (χ3v) is 3.47. The molecule has 0 aromatic heterocycles. The van der Waals surface area contributed by atoms with Crippen molar-refractivity contribution in [3.05, 3.63) is 23.8 Å². The number of amides is 2. The predicted octanol–water partition coefficient (Wildman–Crippen LogP) is 1.06. The quantitative estimate of drug-likeness (QED) is 0.774. The van der Waals surface area contributed by atoms with Crippen LogP contribution in [0.1, 0.15) is 12.0 Å². The second-order valence-corrected chi connectivity index (χ2v) is 5.01. The number of carboxylic acids is 1. The highest BCUT2D eigenvalue weighted by Gasteiger charge is 2.38. The third kappa shape index (κ3) is 3.25. The lowest BCUT2D eigenvalue weighted by Gasteiger charge is -2.21. The van der Waals surface area contributed by atoms with Crippen molar-refractivity contribution in [3.8, 4) is 5.75 Å². The van der Waals surface area contributed by atoms with Gasteiger partial charge in [0.15, 0.2) is 0 Å². The number of rotatable bonds is 3. The van der Waals surface area contributed by atoms with Crippen LogP contribution in [-0.2, 0) is 4.79 Å². The summed E-state index contributed by atoms with van der Waals surface area (Å²) in [6.07, 6.45) is -0.765. The van der Waals surface area contributed by atoms with Crippen LogP contribution in [-0.4, -0.2) is 52.9 Å². The van der Waals surface area contributed by atoms with E-state index >= 15 is 0 Å². The lowest BCUT2D eigenvalue weighted by molar-refractivity contribution is -0.141. The highest BCUT2D eigenvalue weighted by atomic mass is 16.5. The van der Waals surface area contributed by atoms with Gasteiger partial charge in [0.2, 0.25) is 0 Å². The third-order valence-electron chi connectivity index (χ3n) is 3.47. The molecule has 114 valence electrons. The van der Waals surface area contributed by atoms with Gasteiger partial charge in [-0.1, -0.05) is 0 Å². The highest BCUT2D eigenvalue weighted by Crippen LogP contribution is 2.23. The Kier molecular flexibility index (Phi) is 4.32. The Balaban J connectivity index is 2.10. The second-order valence-electron chi connectivity index (χ2n) is 5.01. The first-order valence-corrected chi connectivity index (χ1v) is 6.55. The minimum atomic E-state index is -1.12. The minimum absolute atomic E-state index is 0.0118. The number of β-amino-alcohol motifs (C(OH)–C–C–N with tert-alkyl or cyclic N) is 1. The van der Waals surface area contributed by atoms with Gasteiger partial charge in [0.1, 0.15) is 11.8 Å². The lowest BCUT2D eigenvalue weighted by atomic mass is 10.2. The molecule has 7 heteroatoms. The Morgan fingerprint density at radius 2 is 2.14 bits per heavy atom. The molecule has 7 nitrogen and oxygen atoms in total. The fourth-order valence-corrected chi connectivity index (χ4v) is 2.42. The van der Waals surface area contributed by atoms with Gasteiger partial charge in [0.05, 0.1) is 13.2 Å². The zero-order valence-corrected chi connectivity index (χ0v) is 11.9. The molecule has 0 aliphatic carbocycles. The van der Waals surface area contributed by atoms with E-state index in [4.69, 9.17) is 9.84 Å². The monoisotopic (exact) mass is 294 g/mol. The molecule has 2 amide bonds. The molecule has 1 aliphatic rings. The normalized spacial score (nSPS) is 21.2. The minimum Gasteiger partial charge on any atom is -0.496 e. The predicted molar refractivity (Wildman–Crippen MR) is 75.5 cm³/mol. The first-order chi connectivity index (χ1) is 9.92. The zero-order valence-electron chi connectivity index (χ0n) is 11.9. The summed E-state index contributed by atoms with van der Waals surface area (Å²) in [5, 5.41) is 21.3. The number of hydrogen-bond donors (Lipinski definition) is 3. The molecule has 1 heterocycles. The summed E-state index contributed by atoms with van der Waals surface area (Å²) in [4.78, 5) is 24.4. The van der Waals surface area contributed by atoms with Crippen molar-refractivity contribution in [3.63, 3.8) is 0 Å². The van der Waals surface area contributed by atoms with Crippen LogP contribution in [0.2, 0.25) is 0 Å². The number of nitrogens with zero attached hydrogens (tertiary/aromatic N) is 1. The molecule has 0 spiro atoms. The number of ether oxygens (including phenoxy) is 1. The van der Waals surface area contributed by atoms with E-state index in [1.807, 2.05) is 6.92 Å². The summed E-state index contributed by atoms with van der Waals surface area (Å²) in [6.45, 7) is 1.85. The van der Waals surface area contributed by atoms with Gasteiger partial charge in [-0.2, -0.15) is 0 Å². The molecule has 0 bridgehead atoms. The SMILES string of the molecule is COc1ccc(NC(=O)N2C[C@@H](O)C[C@H]2C(=O)O)cc1C. The molecule has 1 aromatic rings. The number of urea groups is 1. The van der Waals surface area contributed by atoms with E-state index in [2.05, 4.69) is 5.32 Å². The number of methoxy groups -OCH3 is 1. The van der Waals surface area contributed by atoms with Gasteiger partial charge >= 0.3 is 12.0 Å². The van der Waals surface area contributed by atoms with Crippen LogP contribution in [0.3, 0.4) is 0 Å². The summed E-state index contributed by atoms with van der Waals surface area (Å²) in [7, 11) is 1.56. The molecular formula is C14H18N2O5. The maximum Gasteiger partial charge on any atom is 0.326 e. The number of anilines is 1. The van der Waals surface area contributed by atoms with Gasteiger partial charge in [-0.25, -0.2) is 9.59 Å². The Labute approximate surface area is 122 Å². The molecule has 2 rings (SSSR count). The van der Waals surface area contributed by atoms with E-state index in [-0.39, 0.29) is 13.0 Å². The molecule has 0 saturated carbocycles. The standard InChI is InChI=1S/C14H18N2O5/c1-8-5-9(3-4-12(8)21-2)15-14(20)16-7-10(17)6-11(16)13(18)19/h3-5,10-11,17H,6-7H2,1-2H3,(H,15,20)(H,18,19)/t10-,11-/m0/s1. The number of aliphatic hydroxyl groups excluding tert-OH is 1. The molecule has 3 N–H and O–H groups in total. The number of hydrogen-bond acceptors (Lipinski definition) is 4. The van der Waals surface area contributed by atoms with E-state index in [0.29, 0.717) is 11.4 Å². The van der Waals surface area contributed by atoms with Crippen molar-refractivity contribution in [2.45, 2.75) is 25.5 Å². The first kappa shape index (κ1) is 15.1. The molecule has 1 saturated heterocycles. The summed E-state index contributed by atoms with van der Waals surface area (Å²) >= 11 is 0. The van der Waals surface area contributed by atoms with Gasteiger partial charge in [0, 0.05) is 18.7 Å². The van der Waals surface area contributed by atoms with E-state index in [1.165, 1.54) is 0 Å². The molecule has 1 aliphatic heterocycles. The zero-order chi connectivity index (χ0) is 15.6. The molecule has 2 atom stereocenters. The summed E-state index contributed by atoms with van der Waals surface area (Å²) in [6, 6.07) is 3.59. The van der Waals surface area contributed by atoms with Crippen LogP contribution < -0.4 is 10.1 Å². The number of benzene rings is 1. The topological polar surface area (TPSA) is 99.1 Å². The second kappa shape index (κ2) is 6.01. The number of carboxylic acid groups (broad SMARTS) is 1. The van der Waals surface area contributed by atoms with E-state index < -0.39 is 24.1 Å². The number of carbonyl (C=O) groups is 2. The molecular weight excluding hydrogens is 276 g/mol. The Hall–Kier alpha value is -2.28. The van der Waals surface area contributed by atoms with Gasteiger partial charge in [-0.05, 0) is 30.7 Å². The van der Waals surface area contributed by atoms with Crippen LogP contribution in [0.4, 0.5) is 10.5 Å². The maximum atomic E-state index is 12.2. The number of aliphatic carboxylic acids is 1. The Morgan fingerprint density at radius 1 is 1.43 bits per heavy atom. The Bertz CT molecular complexity index is 560.